The molecule has 94 valence electrons. The van der Waals surface area contributed by atoms with Crippen molar-refractivity contribution < 1.29 is 9.84 Å². The highest BCUT2D eigenvalue weighted by Gasteiger charge is 2.00. The van der Waals surface area contributed by atoms with E-state index in [1.54, 1.807) is 13.2 Å². The molecule has 2 aromatic carbocycles. The number of aryl methyl sites for hydroxylation is 2. The maximum Gasteiger partial charge on any atom is 0.118 e. The van der Waals surface area contributed by atoms with Gasteiger partial charge in [-0.1, -0.05) is 30.3 Å². The van der Waals surface area contributed by atoms with Crippen LogP contribution in [0.2, 0.25) is 0 Å². The van der Waals surface area contributed by atoms with Gasteiger partial charge in [0.15, 0.2) is 0 Å². The third-order valence-electron chi connectivity index (χ3n) is 3.06. The van der Waals surface area contributed by atoms with Gasteiger partial charge in [0, 0.05) is 0 Å². The van der Waals surface area contributed by atoms with Crippen LogP contribution in [0.3, 0.4) is 0 Å². The molecule has 2 nitrogen and oxygen atoms in total. The van der Waals surface area contributed by atoms with E-state index in [-0.39, 0.29) is 0 Å². The van der Waals surface area contributed by atoms with Gasteiger partial charge in [-0.2, -0.15) is 0 Å². The Morgan fingerprint density at radius 2 is 1.67 bits per heavy atom. The first-order valence-electron chi connectivity index (χ1n) is 6.19. The molecule has 0 heterocycles. The van der Waals surface area contributed by atoms with Crippen LogP contribution in [0.25, 0.3) is 0 Å². The number of para-hydroxylation sites is 1. The Balaban J connectivity index is 1.86. The van der Waals surface area contributed by atoms with Crippen LogP contribution in [-0.4, -0.2) is 12.2 Å². The summed E-state index contributed by atoms with van der Waals surface area (Å²) in [5.74, 6) is 1.28. The summed E-state index contributed by atoms with van der Waals surface area (Å²) in [6, 6.07) is 15.7. The second-order valence-electron chi connectivity index (χ2n) is 4.33. The van der Waals surface area contributed by atoms with Crippen LogP contribution in [-0.2, 0) is 12.8 Å². The minimum atomic E-state index is 0.396. The summed E-state index contributed by atoms with van der Waals surface area (Å²) in [4.78, 5) is 0. The van der Waals surface area contributed by atoms with Crippen molar-refractivity contribution in [1.82, 2.24) is 0 Å². The number of ether oxygens (including phenoxy) is 1. The van der Waals surface area contributed by atoms with Crippen molar-refractivity contribution in [1.29, 1.82) is 0 Å². The van der Waals surface area contributed by atoms with Gasteiger partial charge < -0.3 is 9.84 Å². The monoisotopic (exact) mass is 242 g/mol. The molecule has 0 amide bonds. The fraction of sp³-hybridized carbons (Fsp3) is 0.250. The molecule has 0 fully saturated rings. The molecule has 0 aliphatic carbocycles. The largest absolute Gasteiger partial charge is 0.508 e. The molecule has 2 rings (SSSR count). The van der Waals surface area contributed by atoms with E-state index in [2.05, 4.69) is 12.1 Å². The van der Waals surface area contributed by atoms with E-state index < -0.39 is 0 Å². The summed E-state index contributed by atoms with van der Waals surface area (Å²) in [5, 5.41) is 9.66. The van der Waals surface area contributed by atoms with Gasteiger partial charge in [0.05, 0.1) is 7.11 Å². The average molecular weight is 242 g/mol. The number of phenols is 1. The number of methoxy groups -OCH3 is 1. The molecule has 0 aliphatic rings. The zero-order valence-electron chi connectivity index (χ0n) is 10.6. The van der Waals surface area contributed by atoms with Gasteiger partial charge in [-0.15, -0.1) is 0 Å². The lowest BCUT2D eigenvalue weighted by molar-refractivity contribution is 0.414. The normalized spacial score (nSPS) is 10.3. The Hall–Kier alpha value is -1.96. The molecule has 0 atom stereocenters. The Labute approximate surface area is 108 Å². The number of aromatic hydroxyl groups is 1. The highest BCUT2D eigenvalue weighted by Crippen LogP contribution is 2.19. The van der Waals surface area contributed by atoms with E-state index >= 15 is 0 Å². The van der Waals surface area contributed by atoms with Gasteiger partial charge in [-0.3, -0.25) is 0 Å². The molecular weight excluding hydrogens is 224 g/mol. The fourth-order valence-corrected chi connectivity index (χ4v) is 2.00. The van der Waals surface area contributed by atoms with E-state index in [0.29, 0.717) is 5.75 Å². The Morgan fingerprint density at radius 3 is 2.33 bits per heavy atom. The van der Waals surface area contributed by atoms with Gasteiger partial charge in [0.1, 0.15) is 11.5 Å². The number of phenolic OH excluding ortho intramolecular Hbond substituents is 1. The zero-order chi connectivity index (χ0) is 12.8. The highest BCUT2D eigenvalue weighted by atomic mass is 16.5. The maximum atomic E-state index is 9.66. The lowest BCUT2D eigenvalue weighted by Gasteiger charge is -2.05. The molecule has 0 aromatic heterocycles. The van der Waals surface area contributed by atoms with E-state index in [1.807, 2.05) is 30.3 Å². The SMILES string of the molecule is COc1ccc(CCCc2ccccc2O)cc1. The molecule has 0 bridgehead atoms. The zero-order valence-corrected chi connectivity index (χ0v) is 10.6. The van der Waals surface area contributed by atoms with Gasteiger partial charge in [0.2, 0.25) is 0 Å². The van der Waals surface area contributed by atoms with Crippen molar-refractivity contribution >= 4 is 0 Å². The van der Waals surface area contributed by atoms with Crippen LogP contribution in [0.15, 0.2) is 48.5 Å². The van der Waals surface area contributed by atoms with Crippen molar-refractivity contribution in [2.45, 2.75) is 19.3 Å². The summed E-state index contributed by atoms with van der Waals surface area (Å²) in [5.41, 5.74) is 2.32. The summed E-state index contributed by atoms with van der Waals surface area (Å²) in [7, 11) is 1.67. The van der Waals surface area contributed by atoms with Gasteiger partial charge in [0.25, 0.3) is 0 Å². The van der Waals surface area contributed by atoms with Gasteiger partial charge >= 0.3 is 0 Å². The lowest BCUT2D eigenvalue weighted by atomic mass is 10.0. The Kier molecular flexibility index (Phi) is 4.24. The molecule has 0 saturated heterocycles. The highest BCUT2D eigenvalue weighted by molar-refractivity contribution is 5.32. The standard InChI is InChI=1S/C16H18O2/c1-18-15-11-9-13(10-12-15)5-4-7-14-6-2-3-8-16(14)17/h2-3,6,8-12,17H,4-5,7H2,1H3. The Morgan fingerprint density at radius 1 is 0.944 bits per heavy atom. The number of benzene rings is 2. The fourth-order valence-electron chi connectivity index (χ4n) is 2.00. The summed E-state index contributed by atoms with van der Waals surface area (Å²) in [6.45, 7) is 0. The number of rotatable bonds is 5. The van der Waals surface area contributed by atoms with E-state index in [4.69, 9.17) is 4.74 Å². The average Bonchev–Trinajstić information content (AvgIpc) is 2.42. The number of hydrogen-bond donors (Lipinski definition) is 1. The minimum Gasteiger partial charge on any atom is -0.508 e. The maximum absolute atomic E-state index is 9.66. The molecule has 2 heteroatoms. The van der Waals surface area contributed by atoms with E-state index in [0.717, 1.165) is 30.6 Å². The van der Waals surface area contributed by atoms with Crippen molar-refractivity contribution in [3.8, 4) is 11.5 Å². The minimum absolute atomic E-state index is 0.396. The van der Waals surface area contributed by atoms with Crippen LogP contribution >= 0.6 is 0 Å². The molecular formula is C16H18O2. The summed E-state index contributed by atoms with van der Waals surface area (Å²) in [6.07, 6.45) is 2.95. The molecule has 18 heavy (non-hydrogen) atoms. The van der Waals surface area contributed by atoms with Crippen molar-refractivity contribution in [2.75, 3.05) is 7.11 Å². The predicted molar refractivity (Wildman–Crippen MR) is 73.1 cm³/mol. The quantitative estimate of drug-likeness (QED) is 0.868. The third-order valence-corrected chi connectivity index (χ3v) is 3.06. The van der Waals surface area contributed by atoms with Gasteiger partial charge in [-0.25, -0.2) is 0 Å². The van der Waals surface area contributed by atoms with E-state index in [9.17, 15) is 5.11 Å². The number of hydrogen-bond acceptors (Lipinski definition) is 2. The second-order valence-corrected chi connectivity index (χ2v) is 4.33. The van der Waals surface area contributed by atoms with Crippen molar-refractivity contribution in [3.05, 3.63) is 59.7 Å². The topological polar surface area (TPSA) is 29.5 Å². The van der Waals surface area contributed by atoms with Gasteiger partial charge in [-0.05, 0) is 48.6 Å². The molecule has 0 aliphatic heterocycles. The lowest BCUT2D eigenvalue weighted by Crippen LogP contribution is -1.91. The van der Waals surface area contributed by atoms with Crippen molar-refractivity contribution in [2.24, 2.45) is 0 Å². The molecule has 1 N–H and O–H groups in total. The van der Waals surface area contributed by atoms with Crippen LogP contribution in [0.1, 0.15) is 17.5 Å². The first-order valence-corrected chi connectivity index (χ1v) is 6.19. The first-order chi connectivity index (χ1) is 8.79. The molecule has 0 spiro atoms. The van der Waals surface area contributed by atoms with E-state index in [1.165, 1.54) is 5.56 Å². The molecule has 0 radical (unpaired) electrons. The first kappa shape index (κ1) is 12.5. The van der Waals surface area contributed by atoms with Crippen LogP contribution in [0.5, 0.6) is 11.5 Å². The molecule has 0 unspecified atom stereocenters. The van der Waals surface area contributed by atoms with Crippen LogP contribution < -0.4 is 4.74 Å². The smallest absolute Gasteiger partial charge is 0.118 e. The molecule has 2 aromatic rings. The molecule has 0 saturated carbocycles. The van der Waals surface area contributed by atoms with Crippen molar-refractivity contribution in [3.63, 3.8) is 0 Å². The predicted octanol–water partition coefficient (Wildman–Crippen LogP) is 3.58. The summed E-state index contributed by atoms with van der Waals surface area (Å²) < 4.78 is 5.13. The third kappa shape index (κ3) is 3.27. The van der Waals surface area contributed by atoms with Crippen LogP contribution in [0.4, 0.5) is 0 Å². The Bertz CT molecular complexity index is 489. The summed E-state index contributed by atoms with van der Waals surface area (Å²) >= 11 is 0. The van der Waals surface area contributed by atoms with Crippen LogP contribution in [0, 0.1) is 0 Å². The second kappa shape index (κ2) is 6.10.